The van der Waals surface area contributed by atoms with E-state index in [9.17, 15) is 0 Å². The van der Waals surface area contributed by atoms with Crippen molar-refractivity contribution in [3.05, 3.63) is 106 Å². The Hall–Kier alpha value is -2.34. The lowest BCUT2D eigenvalue weighted by Gasteiger charge is -2.41. The molecular weight excluding hydrogens is 528 g/mol. The minimum absolute atomic E-state index is 0.361. The molecule has 0 fully saturated rings. The van der Waals surface area contributed by atoms with E-state index in [1.165, 1.54) is 32.1 Å². The van der Waals surface area contributed by atoms with E-state index in [0.717, 1.165) is 0 Å². The first-order chi connectivity index (χ1) is 20.5. The van der Waals surface area contributed by atoms with Crippen LogP contribution in [0, 0.1) is 5.41 Å². The summed E-state index contributed by atoms with van der Waals surface area (Å²) in [6, 6.07) is 26.6. The van der Waals surface area contributed by atoms with Crippen molar-refractivity contribution in [2.24, 2.45) is 5.41 Å². The van der Waals surface area contributed by atoms with E-state index in [0.29, 0.717) is 27.1 Å². The van der Waals surface area contributed by atoms with Crippen molar-refractivity contribution in [3.63, 3.8) is 0 Å². The molecule has 0 heteroatoms. The van der Waals surface area contributed by atoms with E-state index < -0.39 is 0 Å². The van der Waals surface area contributed by atoms with Crippen molar-refractivity contribution in [3.8, 4) is 0 Å². The topological polar surface area (TPSA) is 0 Å². The van der Waals surface area contributed by atoms with Gasteiger partial charge in [-0.3, -0.25) is 0 Å². The van der Waals surface area contributed by atoms with Gasteiger partial charge in [0.05, 0.1) is 0 Å². The maximum atomic E-state index is 2.36. The van der Waals surface area contributed by atoms with Gasteiger partial charge in [0.2, 0.25) is 0 Å². The fraction of sp³-hybridized carbons (Fsp3) is 0.591. The van der Waals surface area contributed by atoms with Crippen molar-refractivity contribution < 1.29 is 0 Å². The molecule has 3 aliphatic carbocycles. The molecule has 0 spiro atoms. The third-order valence-electron chi connectivity index (χ3n) is 9.49. The summed E-state index contributed by atoms with van der Waals surface area (Å²) in [6.45, 7) is 35.5. The Bertz CT molecular complexity index is 1170. The molecule has 3 aromatic rings. The zero-order valence-electron chi connectivity index (χ0n) is 32.0. The quantitative estimate of drug-likeness (QED) is 0.241. The van der Waals surface area contributed by atoms with Crippen molar-refractivity contribution >= 4 is 0 Å². The van der Waals surface area contributed by atoms with Crippen LogP contribution in [0.3, 0.4) is 0 Å². The van der Waals surface area contributed by atoms with Gasteiger partial charge in [0.15, 0.2) is 0 Å². The summed E-state index contributed by atoms with van der Waals surface area (Å²) in [4.78, 5) is 0. The average molecular weight is 599 g/mol. The van der Waals surface area contributed by atoms with Gasteiger partial charge in [-0.25, -0.2) is 0 Å². The van der Waals surface area contributed by atoms with Gasteiger partial charge in [-0.1, -0.05) is 184 Å². The van der Waals surface area contributed by atoms with Crippen LogP contribution in [0.5, 0.6) is 0 Å². The Balaban J connectivity index is 0.000000305. The van der Waals surface area contributed by atoms with E-state index in [1.807, 2.05) is 41.5 Å². The molecule has 44 heavy (non-hydrogen) atoms. The molecule has 0 saturated carbocycles. The summed E-state index contributed by atoms with van der Waals surface area (Å²) >= 11 is 0. The number of hydrogen-bond acceptors (Lipinski definition) is 0. The second-order valence-electron chi connectivity index (χ2n) is 15.6. The summed E-state index contributed by atoms with van der Waals surface area (Å²) in [7, 11) is 0. The van der Waals surface area contributed by atoms with E-state index in [-0.39, 0.29) is 0 Å². The highest BCUT2D eigenvalue weighted by molar-refractivity contribution is 5.44. The molecule has 0 radical (unpaired) electrons. The van der Waals surface area contributed by atoms with Gasteiger partial charge in [-0.2, -0.15) is 0 Å². The monoisotopic (exact) mass is 599 g/mol. The lowest BCUT2D eigenvalue weighted by atomic mass is 9.63. The van der Waals surface area contributed by atoms with Crippen LogP contribution in [-0.2, 0) is 34.5 Å². The molecule has 3 aromatic carbocycles. The first-order valence-electron chi connectivity index (χ1n) is 17.8. The third-order valence-corrected chi connectivity index (χ3v) is 9.49. The minimum Gasteiger partial charge on any atom is -0.0683 e. The standard InChI is InChI=1S/C14H20.C13H18.C11H14.3C2H6/c1-13(2)9-10-14(3,4)12-8-6-5-7-11(12)13;1-12(2)9-13(3,4)11-8-6-5-7-10(11)12;1-11(2)7-9-5-3-4-6-10(9)8-11;3*1-2/h5-8H,9-10H2,1-4H3;5-8H,9H2,1-4H3;3-6H,7-8H2,1-2H3;3*1-2H3. The van der Waals surface area contributed by atoms with Crippen molar-refractivity contribution in [1.82, 2.24) is 0 Å². The summed E-state index contributed by atoms with van der Waals surface area (Å²) in [5, 5.41) is 0. The van der Waals surface area contributed by atoms with Crippen LogP contribution in [0.4, 0.5) is 0 Å². The van der Waals surface area contributed by atoms with Crippen LogP contribution in [0.25, 0.3) is 0 Å². The first kappa shape index (κ1) is 39.7. The van der Waals surface area contributed by atoms with E-state index in [4.69, 9.17) is 0 Å². The lowest BCUT2D eigenvalue weighted by Crippen LogP contribution is -2.33. The van der Waals surface area contributed by atoms with Gasteiger partial charge in [0.1, 0.15) is 0 Å². The number of hydrogen-bond donors (Lipinski definition) is 0. The molecule has 6 rings (SSSR count). The predicted octanol–water partition coefficient (Wildman–Crippen LogP) is 13.6. The molecule has 0 aromatic heterocycles. The molecule has 0 bridgehead atoms. The van der Waals surface area contributed by atoms with Crippen LogP contribution in [0.1, 0.15) is 163 Å². The Morgan fingerprint density at radius 3 is 0.909 bits per heavy atom. The predicted molar refractivity (Wildman–Crippen MR) is 201 cm³/mol. The van der Waals surface area contributed by atoms with Gasteiger partial charge in [0.25, 0.3) is 0 Å². The van der Waals surface area contributed by atoms with Crippen LogP contribution < -0.4 is 0 Å². The van der Waals surface area contributed by atoms with Crippen molar-refractivity contribution in [2.45, 2.75) is 165 Å². The summed E-state index contributed by atoms with van der Waals surface area (Å²) in [6.07, 6.45) is 6.37. The molecule has 0 atom stereocenters. The Labute approximate surface area is 275 Å². The average Bonchev–Trinajstić information content (AvgIpc) is 3.42. The van der Waals surface area contributed by atoms with Crippen molar-refractivity contribution in [1.29, 1.82) is 0 Å². The Kier molecular flexibility index (Phi) is 14.7. The van der Waals surface area contributed by atoms with E-state index >= 15 is 0 Å². The van der Waals surface area contributed by atoms with E-state index in [1.54, 1.807) is 33.4 Å². The highest BCUT2D eigenvalue weighted by Crippen LogP contribution is 2.49. The largest absolute Gasteiger partial charge is 0.0683 e. The Morgan fingerprint density at radius 1 is 0.364 bits per heavy atom. The SMILES string of the molecule is CC.CC.CC.CC1(C)CC(C)(C)c2ccccc21.CC1(C)CCC(C)(C)c2ccccc21.CC1(C)Cc2ccccc2C1. The van der Waals surface area contributed by atoms with Gasteiger partial charge in [-0.15, -0.1) is 0 Å². The fourth-order valence-corrected chi connectivity index (χ4v) is 7.51. The smallest absolute Gasteiger partial charge is 0.00924 e. The highest BCUT2D eigenvalue weighted by Gasteiger charge is 2.41. The summed E-state index contributed by atoms with van der Waals surface area (Å²) in [5.74, 6) is 0. The fourth-order valence-electron chi connectivity index (χ4n) is 7.51. The summed E-state index contributed by atoms with van der Waals surface area (Å²) in [5.41, 5.74) is 11.3. The van der Waals surface area contributed by atoms with E-state index in [2.05, 4.69) is 142 Å². The molecule has 0 amide bonds. The first-order valence-corrected chi connectivity index (χ1v) is 17.8. The zero-order chi connectivity index (χ0) is 34.0. The molecule has 246 valence electrons. The third kappa shape index (κ3) is 9.83. The molecule has 0 unspecified atom stereocenters. The molecule has 0 saturated heterocycles. The van der Waals surface area contributed by atoms with Gasteiger partial charge in [-0.05, 0) is 92.6 Å². The second-order valence-corrected chi connectivity index (χ2v) is 15.6. The molecule has 0 aliphatic heterocycles. The maximum absolute atomic E-state index is 2.36. The van der Waals surface area contributed by atoms with Crippen LogP contribution in [-0.4, -0.2) is 0 Å². The molecule has 3 aliphatic rings. The summed E-state index contributed by atoms with van der Waals surface area (Å²) < 4.78 is 0. The normalized spacial score (nSPS) is 19.4. The second kappa shape index (κ2) is 16.3. The van der Waals surface area contributed by atoms with Crippen LogP contribution in [0.15, 0.2) is 72.8 Å². The van der Waals surface area contributed by atoms with Crippen molar-refractivity contribution in [2.75, 3.05) is 0 Å². The molecule has 0 nitrogen and oxygen atoms in total. The molecule has 0 heterocycles. The lowest BCUT2D eigenvalue weighted by molar-refractivity contribution is 0.332. The highest BCUT2D eigenvalue weighted by atomic mass is 14.4. The van der Waals surface area contributed by atoms with Crippen LogP contribution >= 0.6 is 0 Å². The minimum atomic E-state index is 0.361. The maximum Gasteiger partial charge on any atom is -0.00924 e. The number of fused-ring (bicyclic) bond motifs is 3. The number of benzene rings is 3. The van der Waals surface area contributed by atoms with Crippen LogP contribution in [0.2, 0.25) is 0 Å². The number of rotatable bonds is 0. The van der Waals surface area contributed by atoms with Gasteiger partial charge in [0, 0.05) is 0 Å². The Morgan fingerprint density at radius 2 is 0.614 bits per heavy atom. The zero-order valence-corrected chi connectivity index (χ0v) is 32.0. The van der Waals surface area contributed by atoms with Gasteiger partial charge < -0.3 is 0 Å². The molecular formula is C44H70. The van der Waals surface area contributed by atoms with Gasteiger partial charge >= 0.3 is 0 Å². The molecule has 0 N–H and O–H groups in total.